The van der Waals surface area contributed by atoms with Gasteiger partial charge >= 0.3 is 5.97 Å². The van der Waals surface area contributed by atoms with E-state index in [2.05, 4.69) is 0 Å². The van der Waals surface area contributed by atoms with Crippen molar-refractivity contribution in [2.45, 2.75) is 12.8 Å². The van der Waals surface area contributed by atoms with Crippen molar-refractivity contribution in [2.75, 3.05) is 10.5 Å². The number of carboxylic acid groups (broad SMARTS) is 1. The summed E-state index contributed by atoms with van der Waals surface area (Å²) in [7, 11) is -3.97. The van der Waals surface area contributed by atoms with Crippen LogP contribution in [0.4, 0.5) is 14.5 Å². The normalized spacial score (nSPS) is 11.2. The van der Waals surface area contributed by atoms with E-state index in [0.717, 1.165) is 18.2 Å². The number of anilines is 1. The van der Waals surface area contributed by atoms with Gasteiger partial charge in [-0.15, -0.1) is 0 Å². The molecule has 0 saturated heterocycles. The third-order valence-electron chi connectivity index (χ3n) is 2.02. The topological polar surface area (TPSA) is 83.5 Å². The van der Waals surface area contributed by atoms with Crippen molar-refractivity contribution in [3.05, 3.63) is 29.8 Å². The molecule has 0 saturated carbocycles. The molecule has 1 rings (SSSR count). The molecule has 0 amide bonds. The molecule has 1 aromatic carbocycles. The van der Waals surface area contributed by atoms with Crippen molar-refractivity contribution in [1.82, 2.24) is 0 Å². The predicted octanol–water partition coefficient (Wildman–Crippen LogP) is 1.57. The van der Waals surface area contributed by atoms with Crippen LogP contribution in [-0.2, 0) is 14.8 Å². The van der Waals surface area contributed by atoms with Crippen LogP contribution in [0.3, 0.4) is 0 Å². The second kappa shape index (κ2) is 5.76. The number of aliphatic carboxylic acids is 1. The van der Waals surface area contributed by atoms with Crippen molar-refractivity contribution < 1.29 is 27.1 Å². The molecular formula is C10H11F2NO4S. The van der Waals surface area contributed by atoms with Gasteiger partial charge in [-0.3, -0.25) is 9.52 Å². The molecule has 0 radical (unpaired) electrons. The van der Waals surface area contributed by atoms with Crippen molar-refractivity contribution >= 4 is 21.7 Å². The quantitative estimate of drug-likeness (QED) is 0.828. The van der Waals surface area contributed by atoms with E-state index >= 15 is 0 Å². The lowest BCUT2D eigenvalue weighted by atomic mass is 10.3. The van der Waals surface area contributed by atoms with Gasteiger partial charge < -0.3 is 5.11 Å². The van der Waals surface area contributed by atoms with Crippen LogP contribution in [0.25, 0.3) is 0 Å². The number of halogens is 2. The van der Waals surface area contributed by atoms with E-state index in [9.17, 15) is 22.0 Å². The summed E-state index contributed by atoms with van der Waals surface area (Å²) in [6.07, 6.45) is -0.471. The van der Waals surface area contributed by atoms with Gasteiger partial charge in [0.2, 0.25) is 10.0 Å². The number of rotatable bonds is 6. The molecule has 0 atom stereocenters. The predicted molar refractivity (Wildman–Crippen MR) is 60.6 cm³/mol. The van der Waals surface area contributed by atoms with E-state index < -0.39 is 39.1 Å². The number of benzene rings is 1. The average Bonchev–Trinajstić information content (AvgIpc) is 2.23. The van der Waals surface area contributed by atoms with Crippen LogP contribution in [0.2, 0.25) is 0 Å². The van der Waals surface area contributed by atoms with E-state index in [4.69, 9.17) is 5.11 Å². The van der Waals surface area contributed by atoms with Crippen molar-refractivity contribution in [3.63, 3.8) is 0 Å². The highest BCUT2D eigenvalue weighted by atomic mass is 32.2. The van der Waals surface area contributed by atoms with Crippen molar-refractivity contribution in [2.24, 2.45) is 0 Å². The minimum atomic E-state index is -3.97. The van der Waals surface area contributed by atoms with Crippen LogP contribution in [0, 0.1) is 11.6 Å². The molecule has 0 heterocycles. The monoisotopic (exact) mass is 279 g/mol. The number of carboxylic acids is 1. The summed E-state index contributed by atoms with van der Waals surface area (Å²) in [5.41, 5.74) is -0.757. The molecule has 0 aliphatic heterocycles. The summed E-state index contributed by atoms with van der Waals surface area (Å²) in [5, 5.41) is 8.35. The summed E-state index contributed by atoms with van der Waals surface area (Å²) in [5.74, 6) is -3.72. The number of nitrogens with one attached hydrogen (secondary N) is 1. The molecule has 0 bridgehead atoms. The Morgan fingerprint density at radius 1 is 1.28 bits per heavy atom. The number of hydrogen-bond acceptors (Lipinski definition) is 3. The standard InChI is InChI=1S/C10H11F2NO4S/c11-7-3-1-4-8(12)10(7)13-18(16,17)6-2-5-9(14)15/h1,3-4,13H,2,5-6H2,(H,14,15). The Morgan fingerprint density at radius 2 is 1.83 bits per heavy atom. The lowest BCUT2D eigenvalue weighted by molar-refractivity contribution is -0.137. The molecule has 2 N–H and O–H groups in total. The first-order valence-electron chi connectivity index (χ1n) is 4.98. The van der Waals surface area contributed by atoms with Gasteiger partial charge in [-0.1, -0.05) is 6.07 Å². The second-order valence-electron chi connectivity index (χ2n) is 3.51. The van der Waals surface area contributed by atoms with Gasteiger partial charge in [0.05, 0.1) is 5.75 Å². The zero-order chi connectivity index (χ0) is 13.8. The molecule has 8 heteroatoms. The SMILES string of the molecule is O=C(O)CCCS(=O)(=O)Nc1c(F)cccc1F. The minimum Gasteiger partial charge on any atom is -0.481 e. The van der Waals surface area contributed by atoms with Gasteiger partial charge in [0.25, 0.3) is 0 Å². The highest BCUT2D eigenvalue weighted by molar-refractivity contribution is 7.92. The van der Waals surface area contributed by atoms with Gasteiger partial charge in [-0.25, -0.2) is 17.2 Å². The molecule has 0 unspecified atom stereocenters. The third kappa shape index (κ3) is 4.28. The number of hydrogen-bond donors (Lipinski definition) is 2. The molecule has 1 aromatic rings. The number of carbonyl (C=O) groups is 1. The molecule has 0 aliphatic carbocycles. The van der Waals surface area contributed by atoms with Crippen LogP contribution < -0.4 is 4.72 Å². The van der Waals surface area contributed by atoms with E-state index in [-0.39, 0.29) is 12.8 Å². The molecule has 0 spiro atoms. The van der Waals surface area contributed by atoms with Gasteiger partial charge in [0.15, 0.2) is 0 Å². The smallest absolute Gasteiger partial charge is 0.303 e. The second-order valence-corrected chi connectivity index (χ2v) is 5.36. The Bertz CT molecular complexity index is 525. The zero-order valence-electron chi connectivity index (χ0n) is 9.19. The zero-order valence-corrected chi connectivity index (χ0v) is 10.0. The van der Waals surface area contributed by atoms with Crippen molar-refractivity contribution in [3.8, 4) is 0 Å². The summed E-state index contributed by atoms with van der Waals surface area (Å²) in [4.78, 5) is 10.2. The lowest BCUT2D eigenvalue weighted by Crippen LogP contribution is -2.19. The molecule has 100 valence electrons. The number of para-hydroxylation sites is 1. The fourth-order valence-electron chi connectivity index (χ4n) is 1.22. The molecule has 0 aromatic heterocycles. The Hall–Kier alpha value is -1.70. The van der Waals surface area contributed by atoms with E-state index in [1.165, 1.54) is 0 Å². The summed E-state index contributed by atoms with van der Waals surface area (Å²) in [6, 6.07) is 2.93. The molecule has 5 nitrogen and oxygen atoms in total. The number of sulfonamides is 1. The Kier molecular flexibility index (Phi) is 4.60. The largest absolute Gasteiger partial charge is 0.481 e. The highest BCUT2D eigenvalue weighted by Crippen LogP contribution is 2.19. The summed E-state index contributed by atoms with van der Waals surface area (Å²) < 4.78 is 51.0. The molecule has 0 fully saturated rings. The Morgan fingerprint density at radius 3 is 2.33 bits per heavy atom. The maximum Gasteiger partial charge on any atom is 0.303 e. The van der Waals surface area contributed by atoms with Crippen LogP contribution >= 0.6 is 0 Å². The summed E-state index contributed by atoms with van der Waals surface area (Å²) >= 11 is 0. The minimum absolute atomic E-state index is 0.138. The van der Waals surface area contributed by atoms with Crippen molar-refractivity contribution in [1.29, 1.82) is 0 Å². The van der Waals surface area contributed by atoms with Gasteiger partial charge in [0, 0.05) is 6.42 Å². The van der Waals surface area contributed by atoms with Gasteiger partial charge in [-0.05, 0) is 18.6 Å². The average molecular weight is 279 g/mol. The molecule has 0 aliphatic rings. The summed E-state index contributed by atoms with van der Waals surface area (Å²) in [6.45, 7) is 0. The lowest BCUT2D eigenvalue weighted by Gasteiger charge is -2.09. The van der Waals surface area contributed by atoms with E-state index in [1.54, 1.807) is 4.72 Å². The molecule has 18 heavy (non-hydrogen) atoms. The highest BCUT2D eigenvalue weighted by Gasteiger charge is 2.16. The van der Waals surface area contributed by atoms with Gasteiger partial charge in [-0.2, -0.15) is 0 Å². The van der Waals surface area contributed by atoms with Crippen LogP contribution in [0.5, 0.6) is 0 Å². The first kappa shape index (κ1) is 14.4. The molecular weight excluding hydrogens is 268 g/mol. The van der Waals surface area contributed by atoms with Gasteiger partial charge in [0.1, 0.15) is 17.3 Å². The van der Waals surface area contributed by atoms with Crippen LogP contribution in [0.1, 0.15) is 12.8 Å². The van der Waals surface area contributed by atoms with Crippen LogP contribution in [0.15, 0.2) is 18.2 Å². The Labute approximate surface area is 102 Å². The first-order chi connectivity index (χ1) is 8.32. The maximum absolute atomic E-state index is 13.2. The Balaban J connectivity index is 2.74. The fourth-order valence-corrected chi connectivity index (χ4v) is 2.35. The fraction of sp³-hybridized carbons (Fsp3) is 0.300. The third-order valence-corrected chi connectivity index (χ3v) is 3.37. The van der Waals surface area contributed by atoms with E-state index in [1.807, 2.05) is 0 Å². The maximum atomic E-state index is 13.2. The van der Waals surface area contributed by atoms with E-state index in [0.29, 0.717) is 0 Å². The first-order valence-corrected chi connectivity index (χ1v) is 6.63. The van der Waals surface area contributed by atoms with Crippen LogP contribution in [-0.4, -0.2) is 25.2 Å².